The molecule has 1 saturated carbocycles. The molecular formula is C20H16Cl2N4O4S. The molecule has 1 fully saturated rings. The van der Waals surface area contributed by atoms with Gasteiger partial charge in [0.2, 0.25) is 0 Å². The number of nitrogens with zero attached hydrogens (tertiary/aromatic N) is 2. The van der Waals surface area contributed by atoms with Crippen molar-refractivity contribution in [3.05, 3.63) is 80.7 Å². The zero-order chi connectivity index (χ0) is 22.2. The van der Waals surface area contributed by atoms with Crippen molar-refractivity contribution >= 4 is 44.8 Å². The fourth-order valence-corrected chi connectivity index (χ4v) is 4.10. The van der Waals surface area contributed by atoms with Gasteiger partial charge < -0.3 is 5.32 Å². The highest BCUT2D eigenvalue weighted by Gasteiger charge is 2.24. The van der Waals surface area contributed by atoms with E-state index in [1.807, 2.05) is 0 Å². The average Bonchev–Trinajstić information content (AvgIpc) is 3.56. The molecule has 0 atom stereocenters. The highest BCUT2D eigenvalue weighted by Crippen LogP contribution is 2.22. The molecule has 1 aliphatic carbocycles. The van der Waals surface area contributed by atoms with Gasteiger partial charge in [-0.15, -0.1) is 0 Å². The molecule has 11 heteroatoms. The summed E-state index contributed by atoms with van der Waals surface area (Å²) in [5, 5.41) is 6.61. The molecule has 0 spiro atoms. The Morgan fingerprint density at radius 3 is 2.48 bits per heavy atom. The van der Waals surface area contributed by atoms with Gasteiger partial charge in [0, 0.05) is 17.3 Å². The summed E-state index contributed by atoms with van der Waals surface area (Å²) in [6.07, 6.45) is 3.14. The Bertz CT molecular complexity index is 1320. The van der Waals surface area contributed by atoms with Crippen molar-refractivity contribution in [2.75, 3.05) is 4.72 Å². The maximum atomic E-state index is 12.7. The first-order chi connectivity index (χ1) is 14.7. The second kappa shape index (κ2) is 8.33. The summed E-state index contributed by atoms with van der Waals surface area (Å²) in [7, 11) is -3.93. The van der Waals surface area contributed by atoms with E-state index in [2.05, 4.69) is 15.1 Å². The van der Waals surface area contributed by atoms with E-state index in [9.17, 15) is 18.0 Å². The van der Waals surface area contributed by atoms with Crippen LogP contribution >= 0.6 is 23.2 Å². The zero-order valence-corrected chi connectivity index (χ0v) is 18.2. The van der Waals surface area contributed by atoms with Crippen molar-refractivity contribution in [1.29, 1.82) is 0 Å². The Morgan fingerprint density at radius 2 is 1.81 bits per heavy atom. The molecule has 160 valence electrons. The van der Waals surface area contributed by atoms with Gasteiger partial charge >= 0.3 is 0 Å². The monoisotopic (exact) mass is 478 g/mol. The molecule has 0 saturated heterocycles. The first-order valence-corrected chi connectivity index (χ1v) is 11.5. The third-order valence-electron chi connectivity index (χ3n) is 4.56. The summed E-state index contributed by atoms with van der Waals surface area (Å²) in [5.74, 6) is -0.243. The topological polar surface area (TPSA) is 110 Å². The van der Waals surface area contributed by atoms with Crippen molar-refractivity contribution in [2.24, 2.45) is 0 Å². The number of benzene rings is 2. The zero-order valence-electron chi connectivity index (χ0n) is 15.9. The van der Waals surface area contributed by atoms with E-state index in [-0.39, 0.29) is 32.6 Å². The number of aromatic nitrogens is 2. The van der Waals surface area contributed by atoms with E-state index < -0.39 is 15.6 Å². The summed E-state index contributed by atoms with van der Waals surface area (Å²) in [5.41, 5.74) is 0.327. The fourth-order valence-electron chi connectivity index (χ4n) is 2.80. The number of anilines is 1. The normalized spacial score (nSPS) is 13.6. The summed E-state index contributed by atoms with van der Waals surface area (Å²) in [6.45, 7) is 0. The van der Waals surface area contributed by atoms with E-state index in [0.29, 0.717) is 11.3 Å². The smallest absolute Gasteiger partial charge is 0.291 e. The van der Waals surface area contributed by atoms with Crippen LogP contribution in [0.1, 0.15) is 23.2 Å². The molecule has 1 heterocycles. The molecule has 8 nitrogen and oxygen atoms in total. The van der Waals surface area contributed by atoms with Crippen LogP contribution in [0.4, 0.5) is 5.69 Å². The predicted octanol–water partition coefficient (Wildman–Crippen LogP) is 3.23. The Hall–Kier alpha value is -2.88. The average molecular weight is 479 g/mol. The molecule has 1 aromatic heterocycles. The van der Waals surface area contributed by atoms with Crippen LogP contribution in [-0.2, 0) is 10.0 Å². The lowest BCUT2D eigenvalue weighted by atomic mass is 10.2. The lowest BCUT2D eigenvalue weighted by molar-refractivity contribution is 0.0951. The molecular weight excluding hydrogens is 463 g/mol. The van der Waals surface area contributed by atoms with E-state index >= 15 is 0 Å². The van der Waals surface area contributed by atoms with Gasteiger partial charge in [0.05, 0.1) is 21.8 Å². The summed E-state index contributed by atoms with van der Waals surface area (Å²) < 4.78 is 29.0. The number of sulfonamides is 1. The van der Waals surface area contributed by atoms with Crippen LogP contribution in [0.15, 0.2) is 64.4 Å². The van der Waals surface area contributed by atoms with Crippen molar-refractivity contribution in [1.82, 2.24) is 15.1 Å². The summed E-state index contributed by atoms with van der Waals surface area (Å²) in [6, 6.07) is 12.0. The second-order valence-corrected chi connectivity index (χ2v) is 9.42. The number of carbonyl (C=O) groups is 1. The molecule has 1 amide bonds. The lowest BCUT2D eigenvalue weighted by Crippen LogP contribution is -2.25. The molecule has 0 bridgehead atoms. The number of halogens is 2. The molecule has 3 aromatic rings. The number of amides is 1. The Labute approximate surface area is 187 Å². The van der Waals surface area contributed by atoms with Crippen LogP contribution in [-0.4, -0.2) is 30.1 Å². The molecule has 31 heavy (non-hydrogen) atoms. The highest BCUT2D eigenvalue weighted by molar-refractivity contribution is 7.92. The van der Waals surface area contributed by atoms with Gasteiger partial charge in [0.15, 0.2) is 0 Å². The largest absolute Gasteiger partial charge is 0.349 e. The van der Waals surface area contributed by atoms with Crippen LogP contribution in [0.2, 0.25) is 10.0 Å². The van der Waals surface area contributed by atoms with Gasteiger partial charge in [-0.3, -0.25) is 14.3 Å². The summed E-state index contributed by atoms with van der Waals surface area (Å²) >= 11 is 11.6. The van der Waals surface area contributed by atoms with Gasteiger partial charge in [-0.2, -0.15) is 9.78 Å². The van der Waals surface area contributed by atoms with Crippen molar-refractivity contribution in [2.45, 2.75) is 23.8 Å². The maximum absolute atomic E-state index is 12.7. The van der Waals surface area contributed by atoms with Gasteiger partial charge in [-0.05, 0) is 55.3 Å². The maximum Gasteiger partial charge on any atom is 0.291 e. The third kappa shape index (κ3) is 4.73. The molecule has 0 aliphatic heterocycles. The first kappa shape index (κ1) is 21.4. The quantitative estimate of drug-likeness (QED) is 0.564. The van der Waals surface area contributed by atoms with Gasteiger partial charge in [-0.1, -0.05) is 29.3 Å². The van der Waals surface area contributed by atoms with Crippen LogP contribution in [0.5, 0.6) is 0 Å². The van der Waals surface area contributed by atoms with Crippen LogP contribution in [0, 0.1) is 0 Å². The van der Waals surface area contributed by atoms with Crippen molar-refractivity contribution < 1.29 is 13.2 Å². The van der Waals surface area contributed by atoms with E-state index in [0.717, 1.165) is 17.5 Å². The Kier molecular flexibility index (Phi) is 5.74. The minimum atomic E-state index is -3.93. The molecule has 0 unspecified atom stereocenters. The molecule has 0 radical (unpaired) electrons. The molecule has 2 N–H and O–H groups in total. The first-order valence-electron chi connectivity index (χ1n) is 9.22. The standard InChI is InChI=1S/C20H16Cl2N4O4S/c21-17-11-23-26(20(28)18(17)22)15-6-8-16(9-7-15)31(29,30)25-14-3-1-2-12(10-14)19(27)24-13-4-5-13/h1-3,6-11,13,25H,4-5H2,(H,24,27). The van der Waals surface area contributed by atoms with Crippen LogP contribution < -0.4 is 15.6 Å². The molecule has 1 aliphatic rings. The Balaban J connectivity index is 1.55. The number of hydrogen-bond acceptors (Lipinski definition) is 5. The lowest BCUT2D eigenvalue weighted by Gasteiger charge is -2.11. The number of carbonyl (C=O) groups excluding carboxylic acids is 1. The number of nitrogens with one attached hydrogen (secondary N) is 2. The SMILES string of the molecule is O=C(NC1CC1)c1cccc(NS(=O)(=O)c2ccc(-n3ncc(Cl)c(Cl)c3=O)cc2)c1. The summed E-state index contributed by atoms with van der Waals surface area (Å²) in [4.78, 5) is 24.3. The van der Waals surface area contributed by atoms with Gasteiger partial charge in [0.25, 0.3) is 21.5 Å². The predicted molar refractivity (Wildman–Crippen MR) is 118 cm³/mol. The van der Waals surface area contributed by atoms with E-state index in [1.165, 1.54) is 36.5 Å². The van der Waals surface area contributed by atoms with E-state index in [1.54, 1.807) is 18.2 Å². The highest BCUT2D eigenvalue weighted by atomic mass is 35.5. The van der Waals surface area contributed by atoms with Crippen LogP contribution in [0.3, 0.4) is 0 Å². The fraction of sp³-hybridized carbons (Fsp3) is 0.150. The van der Waals surface area contributed by atoms with Crippen molar-refractivity contribution in [3.63, 3.8) is 0 Å². The third-order valence-corrected chi connectivity index (χ3v) is 6.70. The van der Waals surface area contributed by atoms with Gasteiger partial charge in [0.1, 0.15) is 5.02 Å². The van der Waals surface area contributed by atoms with Crippen LogP contribution in [0.25, 0.3) is 5.69 Å². The minimum absolute atomic E-state index is 0.0272. The Morgan fingerprint density at radius 1 is 1.10 bits per heavy atom. The second-order valence-electron chi connectivity index (χ2n) is 6.95. The molecule has 4 rings (SSSR count). The number of hydrogen-bond donors (Lipinski definition) is 2. The minimum Gasteiger partial charge on any atom is -0.349 e. The van der Waals surface area contributed by atoms with E-state index in [4.69, 9.17) is 23.2 Å². The van der Waals surface area contributed by atoms with Gasteiger partial charge in [-0.25, -0.2) is 8.42 Å². The molecule has 2 aromatic carbocycles. The van der Waals surface area contributed by atoms with Crippen molar-refractivity contribution in [3.8, 4) is 5.69 Å². The number of rotatable bonds is 6.